The Balaban J connectivity index is 0. The smallest absolute Gasteiger partial charge is 0.317 e. The largest absolute Gasteiger partial charge is 0.480 e. The summed E-state index contributed by atoms with van der Waals surface area (Å²) in [5, 5.41) is 16.3. The second-order valence-corrected chi connectivity index (χ2v) is 2.03. The van der Waals surface area contributed by atoms with Crippen molar-refractivity contribution in [1.29, 1.82) is 5.41 Å². The number of rotatable bonds is 5. The van der Waals surface area contributed by atoms with Gasteiger partial charge in [-0.05, 0) is 13.0 Å². The van der Waals surface area contributed by atoms with Crippen LogP contribution in [0.15, 0.2) is 0 Å². The van der Waals surface area contributed by atoms with E-state index in [2.05, 4.69) is 12.2 Å². The highest BCUT2D eigenvalue weighted by Crippen LogP contribution is 1.80. The van der Waals surface area contributed by atoms with Gasteiger partial charge in [0.05, 0.1) is 6.54 Å². The van der Waals surface area contributed by atoms with Gasteiger partial charge in [-0.1, -0.05) is 13.3 Å². The summed E-state index contributed by atoms with van der Waals surface area (Å²) in [4.78, 5) is 18.2. The van der Waals surface area contributed by atoms with E-state index in [1.165, 1.54) is 0 Å². The summed E-state index contributed by atoms with van der Waals surface area (Å²) in [6, 6.07) is 0. The van der Waals surface area contributed by atoms with Gasteiger partial charge < -0.3 is 10.4 Å². The van der Waals surface area contributed by atoms with Crippen molar-refractivity contribution < 1.29 is 14.7 Å². The molecule has 5 heteroatoms. The lowest BCUT2D eigenvalue weighted by atomic mass is 10.3. The highest BCUT2D eigenvalue weighted by molar-refractivity contribution is 5.68. The predicted octanol–water partition coefficient (Wildman–Crippen LogP) is 0.362. The maximum Gasteiger partial charge on any atom is 0.317 e. The molecule has 12 heavy (non-hydrogen) atoms. The summed E-state index contributed by atoms with van der Waals surface area (Å²) in [6.45, 7) is 2.96. The number of carbonyl (C=O) groups excluding carboxylic acids is 1. The van der Waals surface area contributed by atoms with Gasteiger partial charge in [-0.2, -0.15) is 0 Å². The second-order valence-electron chi connectivity index (χ2n) is 2.03. The zero-order valence-electron chi connectivity index (χ0n) is 7.09. The fraction of sp³-hybridized carbons (Fsp3) is 0.714. The fourth-order valence-electron chi connectivity index (χ4n) is 0.497. The van der Waals surface area contributed by atoms with E-state index in [9.17, 15) is 4.79 Å². The Morgan fingerprint density at radius 2 is 2.17 bits per heavy atom. The van der Waals surface area contributed by atoms with Crippen molar-refractivity contribution in [2.45, 2.75) is 19.8 Å². The van der Waals surface area contributed by atoms with Crippen molar-refractivity contribution in [3.05, 3.63) is 0 Å². The third-order valence-electron chi connectivity index (χ3n) is 0.983. The van der Waals surface area contributed by atoms with Crippen LogP contribution in [0, 0.1) is 5.41 Å². The van der Waals surface area contributed by atoms with E-state index in [-0.39, 0.29) is 6.54 Å². The molecule has 0 aliphatic rings. The van der Waals surface area contributed by atoms with Crippen LogP contribution in [0.5, 0.6) is 0 Å². The molecule has 0 saturated carbocycles. The van der Waals surface area contributed by atoms with Crippen LogP contribution in [0.25, 0.3) is 0 Å². The topological polar surface area (TPSA) is 90.2 Å². The minimum atomic E-state index is -0.786. The summed E-state index contributed by atoms with van der Waals surface area (Å²) in [5.74, 6) is -0.786. The molecular weight excluding hydrogens is 160 g/mol. The van der Waals surface area contributed by atoms with Crippen LogP contribution in [-0.2, 0) is 9.59 Å². The quantitative estimate of drug-likeness (QED) is 0.319. The molecule has 0 aromatic heterocycles. The zero-order valence-corrected chi connectivity index (χ0v) is 7.09. The third kappa shape index (κ3) is 23.2. The van der Waals surface area contributed by atoms with Crippen molar-refractivity contribution in [2.75, 3.05) is 13.1 Å². The number of unbranched alkanes of at least 4 members (excludes halogenated alkanes) is 1. The van der Waals surface area contributed by atoms with Crippen molar-refractivity contribution in [2.24, 2.45) is 0 Å². The molecule has 0 fully saturated rings. The molecule has 0 bridgehead atoms. The Morgan fingerprint density at radius 1 is 1.67 bits per heavy atom. The van der Waals surface area contributed by atoms with E-state index in [4.69, 9.17) is 15.3 Å². The Hall–Kier alpha value is -1.19. The van der Waals surface area contributed by atoms with Crippen molar-refractivity contribution in [3.63, 3.8) is 0 Å². The van der Waals surface area contributed by atoms with Gasteiger partial charge in [0.15, 0.2) is 0 Å². The first-order chi connectivity index (χ1) is 5.68. The molecule has 0 aliphatic heterocycles. The van der Waals surface area contributed by atoms with Crippen LogP contribution in [0.2, 0.25) is 0 Å². The van der Waals surface area contributed by atoms with E-state index < -0.39 is 5.97 Å². The van der Waals surface area contributed by atoms with Gasteiger partial charge in [0.2, 0.25) is 6.08 Å². The third-order valence-corrected chi connectivity index (χ3v) is 0.983. The monoisotopic (exact) mass is 174 g/mol. The Labute approximate surface area is 71.3 Å². The van der Waals surface area contributed by atoms with E-state index in [0.717, 1.165) is 25.5 Å². The molecule has 0 atom stereocenters. The van der Waals surface area contributed by atoms with Gasteiger partial charge in [-0.25, -0.2) is 10.2 Å². The van der Waals surface area contributed by atoms with E-state index in [0.29, 0.717) is 0 Å². The van der Waals surface area contributed by atoms with Gasteiger partial charge in [-0.3, -0.25) is 4.79 Å². The fourth-order valence-corrected chi connectivity index (χ4v) is 0.497. The number of isocyanates is 1. The number of carboxylic acid groups (broad SMARTS) is 1. The first-order valence-electron chi connectivity index (χ1n) is 3.65. The maximum absolute atomic E-state index is 9.90. The molecule has 0 unspecified atom stereocenters. The van der Waals surface area contributed by atoms with Gasteiger partial charge >= 0.3 is 5.97 Å². The van der Waals surface area contributed by atoms with E-state index in [1.807, 2.05) is 0 Å². The van der Waals surface area contributed by atoms with Crippen LogP contribution in [-0.4, -0.2) is 30.2 Å². The first-order valence-corrected chi connectivity index (χ1v) is 3.65. The molecule has 0 saturated heterocycles. The highest BCUT2D eigenvalue weighted by atomic mass is 16.4. The Bertz CT molecular complexity index is 142. The lowest BCUT2D eigenvalue weighted by molar-refractivity contribution is -0.135. The summed E-state index contributed by atoms with van der Waals surface area (Å²) < 4.78 is 0. The van der Waals surface area contributed by atoms with Gasteiger partial charge in [-0.15, -0.1) is 0 Å². The highest BCUT2D eigenvalue weighted by Gasteiger charge is 1.91. The van der Waals surface area contributed by atoms with Crippen LogP contribution < -0.4 is 5.32 Å². The van der Waals surface area contributed by atoms with Crippen LogP contribution in [0.3, 0.4) is 0 Å². The van der Waals surface area contributed by atoms with Gasteiger partial charge in [0.1, 0.15) is 0 Å². The Kier molecular flexibility index (Phi) is 13.9. The Morgan fingerprint density at radius 3 is 2.50 bits per heavy atom. The SMILES string of the molecule is CCCCNCC(=O)O.N=C=O. The number of nitrogens with one attached hydrogen (secondary N) is 2. The molecule has 0 amide bonds. The normalized spacial score (nSPS) is 7.75. The minimum absolute atomic E-state index is 0.0833. The molecule has 0 aromatic rings. The van der Waals surface area contributed by atoms with E-state index >= 15 is 0 Å². The molecule has 0 rings (SSSR count). The molecule has 5 nitrogen and oxygen atoms in total. The molecular formula is C7H14N2O3. The standard InChI is InChI=1S/C6H13NO2.CHNO/c1-2-3-4-7-5-6(8)9;2-1-3/h7H,2-5H2,1H3,(H,8,9);2H. The lowest BCUT2D eigenvalue weighted by Crippen LogP contribution is -2.23. The molecule has 0 heterocycles. The number of hydrogen-bond donors (Lipinski definition) is 3. The van der Waals surface area contributed by atoms with Gasteiger partial charge in [0, 0.05) is 0 Å². The van der Waals surface area contributed by atoms with Crippen LogP contribution >= 0.6 is 0 Å². The number of carbonyl (C=O) groups is 1. The summed E-state index contributed by atoms with van der Waals surface area (Å²) in [5.41, 5.74) is 0. The lowest BCUT2D eigenvalue weighted by Gasteiger charge is -1.96. The number of carboxylic acids is 1. The summed E-state index contributed by atoms with van der Waals surface area (Å²) in [6.07, 6.45) is 2.90. The summed E-state index contributed by atoms with van der Waals surface area (Å²) >= 11 is 0. The van der Waals surface area contributed by atoms with Gasteiger partial charge in [0.25, 0.3) is 0 Å². The average molecular weight is 174 g/mol. The van der Waals surface area contributed by atoms with E-state index in [1.54, 1.807) is 0 Å². The molecule has 0 aromatic carbocycles. The number of hydrogen-bond acceptors (Lipinski definition) is 4. The number of aliphatic carboxylic acids is 1. The molecule has 70 valence electrons. The van der Waals surface area contributed by atoms with Crippen LogP contribution in [0.1, 0.15) is 19.8 Å². The van der Waals surface area contributed by atoms with Crippen molar-refractivity contribution in [3.8, 4) is 0 Å². The second kappa shape index (κ2) is 12.5. The van der Waals surface area contributed by atoms with Crippen molar-refractivity contribution >= 4 is 12.0 Å². The maximum atomic E-state index is 9.90. The summed E-state index contributed by atoms with van der Waals surface area (Å²) in [7, 11) is 0. The molecule has 0 radical (unpaired) electrons. The zero-order chi connectivity index (χ0) is 9.82. The average Bonchev–Trinajstić information content (AvgIpc) is 1.99. The van der Waals surface area contributed by atoms with Crippen LogP contribution in [0.4, 0.5) is 0 Å². The first kappa shape index (κ1) is 13.4. The molecule has 0 aliphatic carbocycles. The molecule has 3 N–H and O–H groups in total. The molecule has 0 spiro atoms. The predicted molar refractivity (Wildman–Crippen MR) is 43.8 cm³/mol. The minimum Gasteiger partial charge on any atom is -0.480 e. The van der Waals surface area contributed by atoms with Crippen molar-refractivity contribution in [1.82, 2.24) is 5.32 Å².